The van der Waals surface area contributed by atoms with E-state index in [0.29, 0.717) is 5.57 Å². The molecule has 23 heavy (non-hydrogen) atoms. The van der Waals surface area contributed by atoms with Crippen LogP contribution in [0.3, 0.4) is 0 Å². The molecule has 4 nitrogen and oxygen atoms in total. The Hall–Kier alpha value is -2.49. The number of anilines is 1. The summed E-state index contributed by atoms with van der Waals surface area (Å²) in [6, 6.07) is 5.60. The number of fused-ring (bicyclic) bond motifs is 2. The van der Waals surface area contributed by atoms with Gasteiger partial charge in [0.05, 0.1) is 12.7 Å². The van der Waals surface area contributed by atoms with Crippen LogP contribution in [-0.4, -0.2) is 13.0 Å². The third kappa shape index (κ3) is 2.25. The number of carbonyl (C=O) groups excluding carboxylic acids is 1. The fourth-order valence-electron chi connectivity index (χ4n) is 3.45. The molecule has 0 unspecified atom stereocenters. The number of aryl methyl sites for hydroxylation is 1. The number of hydrogen-bond acceptors (Lipinski definition) is 3. The van der Waals surface area contributed by atoms with Crippen LogP contribution in [0.15, 0.2) is 22.6 Å². The number of hydrogen-bond donors (Lipinski definition) is 1. The fraction of sp³-hybridized carbons (Fsp3) is 0.316. The average molecular weight is 309 g/mol. The van der Waals surface area contributed by atoms with Crippen molar-refractivity contribution < 1.29 is 13.9 Å². The van der Waals surface area contributed by atoms with Gasteiger partial charge in [0.2, 0.25) is 0 Å². The van der Waals surface area contributed by atoms with Crippen molar-refractivity contribution in [1.82, 2.24) is 0 Å². The predicted octanol–water partition coefficient (Wildman–Crippen LogP) is 3.97. The van der Waals surface area contributed by atoms with Crippen molar-refractivity contribution >= 4 is 23.2 Å². The molecule has 1 aliphatic carbocycles. The van der Waals surface area contributed by atoms with Crippen molar-refractivity contribution in [3.63, 3.8) is 0 Å². The fourth-order valence-corrected chi connectivity index (χ4v) is 3.45. The summed E-state index contributed by atoms with van der Waals surface area (Å²) in [6.07, 6.45) is 6.33. The summed E-state index contributed by atoms with van der Waals surface area (Å²) in [4.78, 5) is 12.3. The highest BCUT2D eigenvalue weighted by molar-refractivity contribution is 6.34. The molecule has 2 aromatic rings. The molecule has 0 saturated carbocycles. The van der Waals surface area contributed by atoms with Crippen molar-refractivity contribution in [3.05, 3.63) is 46.4 Å². The lowest BCUT2D eigenvalue weighted by molar-refractivity contribution is -0.110. The highest BCUT2D eigenvalue weighted by Gasteiger charge is 2.26. The van der Waals surface area contributed by atoms with Crippen LogP contribution in [0.25, 0.3) is 11.6 Å². The molecular formula is C19H19NO3. The van der Waals surface area contributed by atoms with Gasteiger partial charge in [-0.15, -0.1) is 0 Å². The number of amides is 1. The van der Waals surface area contributed by atoms with Gasteiger partial charge >= 0.3 is 0 Å². The Kier molecular flexibility index (Phi) is 3.26. The first-order chi connectivity index (χ1) is 11.2. The van der Waals surface area contributed by atoms with Gasteiger partial charge in [-0.2, -0.15) is 0 Å². The van der Waals surface area contributed by atoms with Crippen molar-refractivity contribution in [3.8, 4) is 5.75 Å². The van der Waals surface area contributed by atoms with Crippen LogP contribution in [-0.2, 0) is 17.6 Å². The van der Waals surface area contributed by atoms with Crippen LogP contribution in [0.5, 0.6) is 5.75 Å². The lowest BCUT2D eigenvalue weighted by Crippen LogP contribution is -2.03. The van der Waals surface area contributed by atoms with Crippen molar-refractivity contribution in [2.75, 3.05) is 12.4 Å². The summed E-state index contributed by atoms with van der Waals surface area (Å²) < 4.78 is 11.3. The maximum atomic E-state index is 12.3. The molecule has 2 aliphatic rings. The highest BCUT2D eigenvalue weighted by Crippen LogP contribution is 2.37. The van der Waals surface area contributed by atoms with Gasteiger partial charge in [0.1, 0.15) is 17.3 Å². The van der Waals surface area contributed by atoms with Gasteiger partial charge in [-0.05, 0) is 61.6 Å². The minimum absolute atomic E-state index is 0.0953. The Labute approximate surface area is 135 Å². The van der Waals surface area contributed by atoms with E-state index < -0.39 is 0 Å². The molecule has 4 heteroatoms. The van der Waals surface area contributed by atoms with Gasteiger partial charge in [-0.1, -0.05) is 0 Å². The molecular weight excluding hydrogens is 290 g/mol. The third-order valence-corrected chi connectivity index (χ3v) is 4.76. The van der Waals surface area contributed by atoms with E-state index >= 15 is 0 Å². The van der Waals surface area contributed by atoms with E-state index in [2.05, 4.69) is 12.2 Å². The molecule has 1 N–H and O–H groups in total. The molecule has 1 aliphatic heterocycles. The molecule has 0 bridgehead atoms. The second-order valence-electron chi connectivity index (χ2n) is 6.12. The zero-order valence-corrected chi connectivity index (χ0v) is 13.4. The standard InChI is InChI=1S/C19H19NO3/c1-11-13-5-3-4-6-17(13)23-18(11)10-15-14-9-12(22-2)7-8-16(14)20-19(15)21/h7-10H,3-6H2,1-2H3,(H,20,21). The molecule has 1 aromatic heterocycles. The number of rotatable bonds is 2. The number of furan rings is 1. The summed E-state index contributed by atoms with van der Waals surface area (Å²) in [5, 5.41) is 2.90. The van der Waals surface area contributed by atoms with Crippen LogP contribution in [0, 0.1) is 6.92 Å². The van der Waals surface area contributed by atoms with Crippen molar-refractivity contribution in [1.29, 1.82) is 0 Å². The Bertz CT molecular complexity index is 829. The number of benzene rings is 1. The number of carbonyl (C=O) groups is 1. The number of methoxy groups -OCH3 is 1. The molecule has 0 fully saturated rings. The Morgan fingerprint density at radius 2 is 2.09 bits per heavy atom. The van der Waals surface area contributed by atoms with Crippen LogP contribution >= 0.6 is 0 Å². The van der Waals surface area contributed by atoms with Gasteiger partial charge in [-0.3, -0.25) is 4.79 Å². The van der Waals surface area contributed by atoms with Gasteiger partial charge in [0, 0.05) is 17.7 Å². The summed E-state index contributed by atoms with van der Waals surface area (Å²) >= 11 is 0. The molecule has 0 spiro atoms. The van der Waals surface area contributed by atoms with E-state index in [0.717, 1.165) is 46.9 Å². The number of nitrogens with one attached hydrogen (secondary N) is 1. The highest BCUT2D eigenvalue weighted by atomic mass is 16.5. The van der Waals surface area contributed by atoms with Crippen LogP contribution < -0.4 is 10.1 Å². The van der Waals surface area contributed by atoms with Gasteiger partial charge in [0.25, 0.3) is 5.91 Å². The van der Waals surface area contributed by atoms with E-state index in [4.69, 9.17) is 9.15 Å². The minimum Gasteiger partial charge on any atom is -0.497 e. The van der Waals surface area contributed by atoms with Crippen molar-refractivity contribution in [2.24, 2.45) is 0 Å². The maximum absolute atomic E-state index is 12.3. The Morgan fingerprint density at radius 3 is 2.87 bits per heavy atom. The number of ether oxygens (including phenoxy) is 1. The summed E-state index contributed by atoms with van der Waals surface area (Å²) in [6.45, 7) is 2.08. The topological polar surface area (TPSA) is 51.5 Å². The third-order valence-electron chi connectivity index (χ3n) is 4.76. The van der Waals surface area contributed by atoms with Crippen LogP contribution in [0.2, 0.25) is 0 Å². The minimum atomic E-state index is -0.0953. The second kappa shape index (κ2) is 5.30. The lowest BCUT2D eigenvalue weighted by atomic mass is 9.95. The van der Waals surface area contributed by atoms with Gasteiger partial charge in [-0.25, -0.2) is 0 Å². The molecule has 4 rings (SSSR count). The van der Waals surface area contributed by atoms with E-state index in [1.165, 1.54) is 18.4 Å². The molecule has 0 saturated heterocycles. The predicted molar refractivity (Wildman–Crippen MR) is 89.6 cm³/mol. The van der Waals surface area contributed by atoms with Gasteiger partial charge in [0.15, 0.2) is 0 Å². The average Bonchev–Trinajstić information content (AvgIpc) is 3.05. The van der Waals surface area contributed by atoms with E-state index in [1.807, 2.05) is 24.3 Å². The maximum Gasteiger partial charge on any atom is 0.256 e. The van der Waals surface area contributed by atoms with Gasteiger partial charge < -0.3 is 14.5 Å². The summed E-state index contributed by atoms with van der Waals surface area (Å²) in [7, 11) is 1.63. The smallest absolute Gasteiger partial charge is 0.256 e. The molecule has 0 atom stereocenters. The molecule has 118 valence electrons. The second-order valence-corrected chi connectivity index (χ2v) is 6.12. The van der Waals surface area contributed by atoms with E-state index in [9.17, 15) is 4.79 Å². The molecule has 0 radical (unpaired) electrons. The summed E-state index contributed by atoms with van der Waals surface area (Å²) in [5.41, 5.74) is 4.80. The van der Waals surface area contributed by atoms with E-state index in [1.54, 1.807) is 7.11 Å². The molecule has 1 amide bonds. The quantitative estimate of drug-likeness (QED) is 0.854. The van der Waals surface area contributed by atoms with Crippen molar-refractivity contribution in [2.45, 2.75) is 32.6 Å². The molecule has 1 aromatic carbocycles. The first kappa shape index (κ1) is 14.1. The lowest BCUT2D eigenvalue weighted by Gasteiger charge is -2.08. The van der Waals surface area contributed by atoms with Crippen LogP contribution in [0.1, 0.15) is 41.1 Å². The SMILES string of the molecule is COc1ccc2c(c1)C(=Cc1oc3c(c1C)CCCC3)C(=O)N2. The first-order valence-corrected chi connectivity index (χ1v) is 8.00. The Balaban J connectivity index is 1.81. The van der Waals surface area contributed by atoms with Crippen LogP contribution in [0.4, 0.5) is 5.69 Å². The first-order valence-electron chi connectivity index (χ1n) is 8.00. The zero-order chi connectivity index (χ0) is 16.0. The Morgan fingerprint density at radius 1 is 1.26 bits per heavy atom. The monoisotopic (exact) mass is 309 g/mol. The normalized spacial score (nSPS) is 17.8. The zero-order valence-electron chi connectivity index (χ0n) is 13.4. The molecule has 2 heterocycles. The largest absolute Gasteiger partial charge is 0.497 e. The van der Waals surface area contributed by atoms with E-state index in [-0.39, 0.29) is 5.91 Å². The summed E-state index contributed by atoms with van der Waals surface area (Å²) in [5.74, 6) is 2.53.